The Kier molecular flexibility index (Phi) is 3.94. The second-order valence-electron chi connectivity index (χ2n) is 4.33. The molecule has 1 aromatic carbocycles. The van der Waals surface area contributed by atoms with Gasteiger partial charge in [0.05, 0.1) is 5.69 Å². The van der Waals surface area contributed by atoms with Crippen molar-refractivity contribution in [1.82, 2.24) is 0 Å². The highest BCUT2D eigenvalue weighted by atomic mass is 79.9. The van der Waals surface area contributed by atoms with Gasteiger partial charge in [0.1, 0.15) is 5.71 Å². The summed E-state index contributed by atoms with van der Waals surface area (Å²) in [4.78, 5) is 11.8. The maximum atomic E-state index is 11.8. The van der Waals surface area contributed by atoms with Crippen LogP contribution in [0.2, 0.25) is 0 Å². The zero-order chi connectivity index (χ0) is 12.3. The molecule has 0 aliphatic heterocycles. The predicted molar refractivity (Wildman–Crippen MR) is 73.2 cm³/mol. The molecule has 0 heterocycles. The number of carbonyl (C=O) groups is 1. The molecule has 1 saturated carbocycles. The molecule has 0 saturated heterocycles. The quantitative estimate of drug-likeness (QED) is 0.847. The lowest BCUT2D eigenvalue weighted by atomic mass is 9.88. The largest absolute Gasteiger partial charge is 0.292 e. The summed E-state index contributed by atoms with van der Waals surface area (Å²) in [5.74, 6) is 0.301. The molecule has 0 bridgehead atoms. The normalized spacial score (nSPS) is 22.8. The van der Waals surface area contributed by atoms with Crippen LogP contribution in [0.4, 0.5) is 5.69 Å². The lowest BCUT2D eigenvalue weighted by molar-refractivity contribution is -0.116. The Morgan fingerprint density at radius 2 is 2.06 bits per heavy atom. The van der Waals surface area contributed by atoms with Crippen LogP contribution in [0.3, 0.4) is 0 Å². The highest BCUT2D eigenvalue weighted by Gasteiger charge is 2.23. The first-order chi connectivity index (χ1) is 8.16. The molecule has 1 atom stereocenters. The van der Waals surface area contributed by atoms with Crippen molar-refractivity contribution in [2.75, 3.05) is 5.43 Å². The summed E-state index contributed by atoms with van der Waals surface area (Å²) in [7, 11) is 0. The van der Waals surface area contributed by atoms with Crippen molar-refractivity contribution in [2.45, 2.75) is 26.2 Å². The number of nitrogens with one attached hydrogen (secondary N) is 1. The van der Waals surface area contributed by atoms with E-state index in [2.05, 4.69) is 26.5 Å². The third-order valence-electron chi connectivity index (χ3n) is 2.95. The van der Waals surface area contributed by atoms with E-state index in [4.69, 9.17) is 0 Å². The topological polar surface area (TPSA) is 41.5 Å². The molecule has 0 radical (unpaired) electrons. The Labute approximate surface area is 109 Å². The van der Waals surface area contributed by atoms with Crippen LogP contribution >= 0.6 is 15.9 Å². The molecular weight excluding hydrogens is 280 g/mol. The minimum Gasteiger partial charge on any atom is -0.292 e. The van der Waals surface area contributed by atoms with Gasteiger partial charge in [-0.05, 0) is 43.5 Å². The van der Waals surface area contributed by atoms with Gasteiger partial charge in [-0.3, -0.25) is 10.2 Å². The van der Waals surface area contributed by atoms with E-state index >= 15 is 0 Å². The van der Waals surface area contributed by atoms with E-state index in [-0.39, 0.29) is 11.7 Å². The highest BCUT2D eigenvalue weighted by molar-refractivity contribution is 9.10. The fourth-order valence-electron chi connectivity index (χ4n) is 1.88. The van der Waals surface area contributed by atoms with Crippen LogP contribution in [0.15, 0.2) is 33.8 Å². The molecule has 2 rings (SSSR count). The Morgan fingerprint density at radius 1 is 1.35 bits per heavy atom. The van der Waals surface area contributed by atoms with E-state index in [0.29, 0.717) is 5.71 Å². The molecule has 0 aromatic heterocycles. The number of nitrogens with zero attached hydrogens (tertiary/aromatic N) is 1. The summed E-state index contributed by atoms with van der Waals surface area (Å²) in [6.07, 6.45) is 2.82. The van der Waals surface area contributed by atoms with Gasteiger partial charge in [0, 0.05) is 10.4 Å². The summed E-state index contributed by atoms with van der Waals surface area (Å²) in [5, 5.41) is 4.22. The minimum absolute atomic E-state index is 0.120. The van der Waals surface area contributed by atoms with Crippen LogP contribution in [0.5, 0.6) is 0 Å². The monoisotopic (exact) mass is 294 g/mol. The van der Waals surface area contributed by atoms with Gasteiger partial charge < -0.3 is 0 Å². The van der Waals surface area contributed by atoms with E-state index in [1.54, 1.807) is 0 Å². The first-order valence-corrected chi connectivity index (χ1v) is 6.58. The van der Waals surface area contributed by atoms with Crippen LogP contribution in [0.25, 0.3) is 0 Å². The summed E-state index contributed by atoms with van der Waals surface area (Å²) >= 11 is 3.37. The standard InChI is InChI=1S/C13H15BrN2O/c1-9-3-2-4-12(13(9)17)16-15-11-7-5-10(14)6-8-11/h5-9,15H,2-4H2,1H3. The van der Waals surface area contributed by atoms with Gasteiger partial charge >= 0.3 is 0 Å². The Hall–Kier alpha value is -1.16. The van der Waals surface area contributed by atoms with Crippen LogP contribution in [-0.4, -0.2) is 11.5 Å². The highest BCUT2D eigenvalue weighted by Crippen LogP contribution is 2.19. The molecule has 1 N–H and O–H groups in total. The number of ketones is 1. The van der Waals surface area contributed by atoms with Crippen molar-refractivity contribution in [3.8, 4) is 0 Å². The zero-order valence-electron chi connectivity index (χ0n) is 9.74. The van der Waals surface area contributed by atoms with Gasteiger partial charge in [0.15, 0.2) is 5.78 Å². The van der Waals surface area contributed by atoms with E-state index in [9.17, 15) is 4.79 Å². The summed E-state index contributed by atoms with van der Waals surface area (Å²) in [6, 6.07) is 7.72. The summed E-state index contributed by atoms with van der Waals surface area (Å²) in [6.45, 7) is 1.97. The lowest BCUT2D eigenvalue weighted by Crippen LogP contribution is -2.27. The third kappa shape index (κ3) is 3.16. The SMILES string of the molecule is CC1CCCC(=NNc2ccc(Br)cc2)C1=O. The van der Waals surface area contributed by atoms with E-state index < -0.39 is 0 Å². The van der Waals surface area contributed by atoms with Crippen LogP contribution in [-0.2, 0) is 4.79 Å². The molecule has 4 heteroatoms. The molecule has 1 fully saturated rings. The summed E-state index contributed by atoms with van der Waals surface area (Å²) in [5.41, 5.74) is 4.51. The van der Waals surface area contributed by atoms with Crippen LogP contribution in [0.1, 0.15) is 26.2 Å². The molecule has 1 unspecified atom stereocenters. The molecule has 1 aliphatic carbocycles. The zero-order valence-corrected chi connectivity index (χ0v) is 11.3. The molecule has 0 amide bonds. The number of halogens is 1. The average molecular weight is 295 g/mol. The minimum atomic E-state index is 0.120. The lowest BCUT2D eigenvalue weighted by Gasteiger charge is -2.17. The van der Waals surface area contributed by atoms with Crippen LogP contribution in [0, 0.1) is 5.92 Å². The van der Waals surface area contributed by atoms with Gasteiger partial charge in [-0.15, -0.1) is 0 Å². The fraction of sp³-hybridized carbons (Fsp3) is 0.385. The predicted octanol–water partition coefficient (Wildman–Crippen LogP) is 3.61. The first-order valence-electron chi connectivity index (χ1n) is 5.79. The van der Waals surface area contributed by atoms with Crippen molar-refractivity contribution in [3.05, 3.63) is 28.7 Å². The fourth-order valence-corrected chi connectivity index (χ4v) is 2.15. The van der Waals surface area contributed by atoms with Gasteiger partial charge in [0.25, 0.3) is 0 Å². The number of benzene rings is 1. The Balaban J connectivity index is 2.04. The molecule has 3 nitrogen and oxygen atoms in total. The van der Waals surface area contributed by atoms with E-state index in [0.717, 1.165) is 29.4 Å². The smallest absolute Gasteiger partial charge is 0.181 e. The molecule has 17 heavy (non-hydrogen) atoms. The molecular formula is C13H15BrN2O. The Bertz CT molecular complexity index is 439. The molecule has 1 aromatic rings. The van der Waals surface area contributed by atoms with Gasteiger partial charge in [-0.1, -0.05) is 22.9 Å². The van der Waals surface area contributed by atoms with Crippen molar-refractivity contribution in [1.29, 1.82) is 0 Å². The van der Waals surface area contributed by atoms with Crippen molar-refractivity contribution < 1.29 is 4.79 Å². The summed E-state index contributed by atoms with van der Waals surface area (Å²) < 4.78 is 1.03. The Morgan fingerprint density at radius 3 is 2.76 bits per heavy atom. The maximum Gasteiger partial charge on any atom is 0.181 e. The first kappa shape index (κ1) is 12.3. The van der Waals surface area contributed by atoms with Crippen molar-refractivity contribution >= 4 is 33.1 Å². The number of Topliss-reactive ketones (excluding diaryl/α,β-unsaturated/α-hetero) is 1. The van der Waals surface area contributed by atoms with Crippen molar-refractivity contribution in [2.24, 2.45) is 11.0 Å². The molecule has 1 aliphatic rings. The van der Waals surface area contributed by atoms with Crippen molar-refractivity contribution in [3.63, 3.8) is 0 Å². The van der Waals surface area contributed by atoms with Gasteiger partial charge in [0.2, 0.25) is 0 Å². The van der Waals surface area contributed by atoms with E-state index in [1.807, 2.05) is 31.2 Å². The average Bonchev–Trinajstić information content (AvgIpc) is 2.33. The van der Waals surface area contributed by atoms with Crippen LogP contribution < -0.4 is 5.43 Å². The second-order valence-corrected chi connectivity index (χ2v) is 5.25. The maximum absolute atomic E-state index is 11.8. The number of rotatable bonds is 2. The van der Waals surface area contributed by atoms with Gasteiger partial charge in [-0.2, -0.15) is 5.10 Å². The number of anilines is 1. The molecule has 0 spiro atoms. The van der Waals surface area contributed by atoms with E-state index in [1.165, 1.54) is 0 Å². The third-order valence-corrected chi connectivity index (χ3v) is 3.48. The molecule has 90 valence electrons. The number of hydrogen-bond donors (Lipinski definition) is 1. The second kappa shape index (κ2) is 5.45. The number of carbonyl (C=O) groups excluding carboxylic acids is 1. The number of hydrogen-bond acceptors (Lipinski definition) is 3. The van der Waals surface area contributed by atoms with Gasteiger partial charge in [-0.25, -0.2) is 0 Å². The number of hydrazone groups is 1.